The first-order valence-corrected chi connectivity index (χ1v) is 6.61. The molecule has 0 unspecified atom stereocenters. The van der Waals surface area contributed by atoms with Gasteiger partial charge in [-0.15, -0.1) is 0 Å². The van der Waals surface area contributed by atoms with Gasteiger partial charge in [0.25, 0.3) is 0 Å². The van der Waals surface area contributed by atoms with Crippen molar-refractivity contribution in [2.24, 2.45) is 0 Å². The lowest BCUT2D eigenvalue weighted by molar-refractivity contribution is 1.12. The van der Waals surface area contributed by atoms with Gasteiger partial charge in [0.2, 0.25) is 0 Å². The van der Waals surface area contributed by atoms with Crippen LogP contribution in [-0.2, 0) is 6.42 Å². The van der Waals surface area contributed by atoms with Gasteiger partial charge in [0.15, 0.2) is 0 Å². The largest absolute Gasteiger partial charge is 0.0613 e. The molecule has 18 heavy (non-hydrogen) atoms. The molecular weight excluding hydrogens is 216 g/mol. The number of aryl methyl sites for hydroxylation is 3. The number of hydrogen-bond acceptors (Lipinski definition) is 0. The molecule has 0 spiro atoms. The van der Waals surface area contributed by atoms with Crippen LogP contribution in [0.4, 0.5) is 0 Å². The Morgan fingerprint density at radius 1 is 0.778 bits per heavy atom. The van der Waals surface area contributed by atoms with E-state index >= 15 is 0 Å². The molecule has 3 rings (SSSR count). The van der Waals surface area contributed by atoms with Gasteiger partial charge >= 0.3 is 0 Å². The molecule has 0 nitrogen and oxygen atoms in total. The predicted octanol–water partition coefficient (Wildman–Crippen LogP) is 5.17. The van der Waals surface area contributed by atoms with Crippen LogP contribution in [0.1, 0.15) is 23.6 Å². The zero-order valence-corrected chi connectivity index (χ0v) is 11.2. The Morgan fingerprint density at radius 3 is 2.33 bits per heavy atom. The van der Waals surface area contributed by atoms with Crippen LogP contribution in [0.25, 0.3) is 21.5 Å². The molecule has 3 aromatic carbocycles. The minimum Gasteiger partial charge on any atom is -0.0613 e. The molecule has 0 amide bonds. The summed E-state index contributed by atoms with van der Waals surface area (Å²) in [7, 11) is 0. The molecule has 3 aromatic rings. The van der Waals surface area contributed by atoms with Gasteiger partial charge in [-0.05, 0) is 65.1 Å². The second kappa shape index (κ2) is 4.13. The minimum absolute atomic E-state index is 1.10. The van der Waals surface area contributed by atoms with E-state index in [1.807, 2.05) is 0 Å². The molecule has 90 valence electrons. The van der Waals surface area contributed by atoms with Gasteiger partial charge in [0.05, 0.1) is 0 Å². The van der Waals surface area contributed by atoms with E-state index in [0.29, 0.717) is 0 Å². The second-order valence-corrected chi connectivity index (χ2v) is 5.13. The van der Waals surface area contributed by atoms with Crippen molar-refractivity contribution < 1.29 is 0 Å². The maximum atomic E-state index is 2.34. The van der Waals surface area contributed by atoms with Crippen molar-refractivity contribution in [1.29, 1.82) is 0 Å². The van der Waals surface area contributed by atoms with Crippen LogP contribution in [0.3, 0.4) is 0 Å². The smallest absolute Gasteiger partial charge is 0.0146 e. The van der Waals surface area contributed by atoms with Gasteiger partial charge in [-0.3, -0.25) is 0 Å². The van der Waals surface area contributed by atoms with Gasteiger partial charge in [0.1, 0.15) is 0 Å². The summed E-state index contributed by atoms with van der Waals surface area (Å²) in [6.45, 7) is 6.61. The van der Waals surface area contributed by atoms with Crippen LogP contribution in [-0.4, -0.2) is 0 Å². The van der Waals surface area contributed by atoms with Crippen molar-refractivity contribution in [3.8, 4) is 0 Å². The summed E-state index contributed by atoms with van der Waals surface area (Å²) in [5.74, 6) is 0. The maximum Gasteiger partial charge on any atom is -0.0146 e. The number of fused-ring (bicyclic) bond motifs is 2. The zero-order valence-electron chi connectivity index (χ0n) is 11.2. The van der Waals surface area contributed by atoms with Crippen LogP contribution in [0, 0.1) is 13.8 Å². The first-order chi connectivity index (χ1) is 8.69. The highest BCUT2D eigenvalue weighted by Gasteiger charge is 2.04. The molecule has 0 saturated carbocycles. The van der Waals surface area contributed by atoms with Crippen molar-refractivity contribution in [2.45, 2.75) is 27.2 Å². The van der Waals surface area contributed by atoms with E-state index in [9.17, 15) is 0 Å². The van der Waals surface area contributed by atoms with E-state index < -0.39 is 0 Å². The summed E-state index contributed by atoms with van der Waals surface area (Å²) in [5, 5.41) is 5.42. The van der Waals surface area contributed by atoms with Crippen molar-refractivity contribution >= 4 is 21.5 Å². The molecule has 0 heterocycles. The first-order valence-electron chi connectivity index (χ1n) is 6.61. The number of rotatable bonds is 1. The van der Waals surface area contributed by atoms with Gasteiger partial charge in [-0.25, -0.2) is 0 Å². The lowest BCUT2D eigenvalue weighted by Gasteiger charge is -2.09. The topological polar surface area (TPSA) is 0 Å². The molecular formula is C18H18. The summed E-state index contributed by atoms with van der Waals surface area (Å²) in [4.78, 5) is 0. The van der Waals surface area contributed by atoms with Crippen molar-refractivity contribution in [3.63, 3.8) is 0 Å². The Balaban J connectivity index is 2.42. The standard InChI is InChI=1S/C18H18/c1-4-14-7-8-16-10-15-6-5-12(2)9-17(15)11-18(16)13(14)3/h5-11H,4H2,1-3H3. The van der Waals surface area contributed by atoms with E-state index in [-0.39, 0.29) is 0 Å². The van der Waals surface area contributed by atoms with Crippen molar-refractivity contribution in [2.75, 3.05) is 0 Å². The third-order valence-electron chi connectivity index (χ3n) is 3.89. The van der Waals surface area contributed by atoms with Crippen LogP contribution < -0.4 is 0 Å². The molecule has 0 bridgehead atoms. The van der Waals surface area contributed by atoms with Crippen LogP contribution in [0.15, 0.2) is 42.5 Å². The van der Waals surface area contributed by atoms with Crippen LogP contribution in [0.5, 0.6) is 0 Å². The fraction of sp³-hybridized carbons (Fsp3) is 0.222. The molecule has 0 saturated heterocycles. The molecule has 0 aliphatic rings. The Morgan fingerprint density at radius 2 is 1.56 bits per heavy atom. The average Bonchev–Trinajstić information content (AvgIpc) is 2.38. The average molecular weight is 234 g/mol. The molecule has 0 aliphatic heterocycles. The van der Waals surface area contributed by atoms with E-state index in [1.54, 1.807) is 0 Å². The Labute approximate surface area is 108 Å². The fourth-order valence-corrected chi connectivity index (χ4v) is 2.77. The summed E-state index contributed by atoms with van der Waals surface area (Å²) in [6.07, 6.45) is 1.10. The lowest BCUT2D eigenvalue weighted by Crippen LogP contribution is -1.88. The van der Waals surface area contributed by atoms with Gasteiger partial charge < -0.3 is 0 Å². The zero-order chi connectivity index (χ0) is 12.7. The highest BCUT2D eigenvalue weighted by atomic mass is 14.1. The van der Waals surface area contributed by atoms with E-state index in [0.717, 1.165) is 6.42 Å². The first kappa shape index (κ1) is 11.3. The van der Waals surface area contributed by atoms with Gasteiger partial charge in [-0.1, -0.05) is 42.8 Å². The van der Waals surface area contributed by atoms with Crippen molar-refractivity contribution in [1.82, 2.24) is 0 Å². The molecule has 0 atom stereocenters. The Kier molecular flexibility index (Phi) is 2.59. The van der Waals surface area contributed by atoms with E-state index in [2.05, 4.69) is 63.2 Å². The normalized spacial score (nSPS) is 11.3. The van der Waals surface area contributed by atoms with E-state index in [1.165, 1.54) is 38.2 Å². The minimum atomic E-state index is 1.10. The second-order valence-electron chi connectivity index (χ2n) is 5.13. The summed E-state index contributed by atoms with van der Waals surface area (Å²) in [5.41, 5.74) is 4.21. The molecule has 0 N–H and O–H groups in total. The molecule has 0 fully saturated rings. The monoisotopic (exact) mass is 234 g/mol. The Hall–Kier alpha value is -1.82. The fourth-order valence-electron chi connectivity index (χ4n) is 2.77. The number of benzene rings is 3. The third-order valence-corrected chi connectivity index (χ3v) is 3.89. The van der Waals surface area contributed by atoms with Crippen LogP contribution >= 0.6 is 0 Å². The Bertz CT molecular complexity index is 736. The molecule has 0 radical (unpaired) electrons. The maximum absolute atomic E-state index is 2.34. The molecule has 0 aliphatic carbocycles. The third kappa shape index (κ3) is 1.69. The summed E-state index contributed by atoms with van der Waals surface area (Å²) >= 11 is 0. The molecule has 0 aromatic heterocycles. The quantitative estimate of drug-likeness (QED) is 0.509. The van der Waals surface area contributed by atoms with Gasteiger partial charge in [0, 0.05) is 0 Å². The van der Waals surface area contributed by atoms with Crippen LogP contribution in [0.2, 0.25) is 0 Å². The summed E-state index contributed by atoms with van der Waals surface area (Å²) < 4.78 is 0. The SMILES string of the molecule is CCc1ccc2cc3ccc(C)cc3cc2c1C. The summed E-state index contributed by atoms with van der Waals surface area (Å²) in [6, 6.07) is 15.8. The lowest BCUT2D eigenvalue weighted by atomic mass is 9.95. The number of hydrogen-bond donors (Lipinski definition) is 0. The molecule has 0 heteroatoms. The van der Waals surface area contributed by atoms with Crippen molar-refractivity contribution in [3.05, 3.63) is 59.2 Å². The highest BCUT2D eigenvalue weighted by molar-refractivity contribution is 6.00. The van der Waals surface area contributed by atoms with Gasteiger partial charge in [-0.2, -0.15) is 0 Å². The predicted molar refractivity (Wildman–Crippen MR) is 80.3 cm³/mol. The highest BCUT2D eigenvalue weighted by Crippen LogP contribution is 2.28. The van der Waals surface area contributed by atoms with E-state index in [4.69, 9.17) is 0 Å².